The molecule has 29 heavy (non-hydrogen) atoms. The molecule has 0 unspecified atom stereocenters. The molecule has 0 bridgehead atoms. The molecule has 0 fully saturated rings. The number of carboxylic acid groups (broad SMARTS) is 2. The van der Waals surface area contributed by atoms with Crippen LogP contribution in [0.5, 0.6) is 5.75 Å². The summed E-state index contributed by atoms with van der Waals surface area (Å²) < 4.78 is 5.66. The van der Waals surface area contributed by atoms with Gasteiger partial charge >= 0.3 is 11.9 Å². The molecule has 5 nitrogen and oxygen atoms in total. The maximum atomic E-state index is 11.5. The second kappa shape index (κ2) is 7.24. The van der Waals surface area contributed by atoms with Crippen molar-refractivity contribution in [2.75, 3.05) is 7.11 Å². The van der Waals surface area contributed by atoms with Crippen LogP contribution in [0.15, 0.2) is 54.6 Å². The number of carbonyl (C=O) groups is 2. The Kier molecular flexibility index (Phi) is 4.74. The van der Waals surface area contributed by atoms with Crippen molar-refractivity contribution in [2.45, 2.75) is 31.1 Å². The molecule has 1 aliphatic rings. The average Bonchev–Trinajstić information content (AvgIpc) is 2.99. The minimum atomic E-state index is -0.898. The smallest absolute Gasteiger partial charge is 0.303 e. The maximum absolute atomic E-state index is 11.5. The van der Waals surface area contributed by atoms with Crippen LogP contribution in [-0.4, -0.2) is 29.3 Å². The van der Waals surface area contributed by atoms with Gasteiger partial charge in [-0.1, -0.05) is 36.4 Å². The summed E-state index contributed by atoms with van der Waals surface area (Å²) in [5.41, 5.74) is 3.17. The van der Waals surface area contributed by atoms with Crippen LogP contribution in [0.25, 0.3) is 21.9 Å². The van der Waals surface area contributed by atoms with Gasteiger partial charge in [-0.25, -0.2) is 0 Å². The monoisotopic (exact) mass is 390 g/mol. The van der Waals surface area contributed by atoms with Crippen molar-refractivity contribution in [1.29, 1.82) is 0 Å². The molecule has 0 aromatic heterocycles. The summed E-state index contributed by atoms with van der Waals surface area (Å²) >= 11 is 0. The lowest BCUT2D eigenvalue weighted by atomic mass is 9.70. The highest BCUT2D eigenvalue weighted by atomic mass is 16.5. The van der Waals surface area contributed by atoms with E-state index in [2.05, 4.69) is 12.1 Å². The number of aliphatic carboxylic acids is 2. The SMILES string of the molecule is COc1cccc2c1C(CCC(=O)O)(CCC(=O)O)c1cc3ccccc3cc1-2. The van der Waals surface area contributed by atoms with E-state index in [1.54, 1.807) is 7.11 Å². The van der Waals surface area contributed by atoms with Gasteiger partial charge in [-0.05, 0) is 58.5 Å². The number of benzene rings is 3. The van der Waals surface area contributed by atoms with Crippen molar-refractivity contribution in [2.24, 2.45) is 0 Å². The lowest BCUT2D eigenvalue weighted by Crippen LogP contribution is -2.28. The van der Waals surface area contributed by atoms with Gasteiger partial charge in [-0.2, -0.15) is 0 Å². The molecular weight excluding hydrogens is 368 g/mol. The Balaban J connectivity index is 2.03. The van der Waals surface area contributed by atoms with Crippen LogP contribution in [-0.2, 0) is 15.0 Å². The number of fused-ring (bicyclic) bond motifs is 4. The summed E-state index contributed by atoms with van der Waals surface area (Å²) in [4.78, 5) is 23.0. The quantitative estimate of drug-likeness (QED) is 0.603. The average molecular weight is 390 g/mol. The summed E-state index contributed by atoms with van der Waals surface area (Å²) in [7, 11) is 1.59. The molecule has 1 aliphatic carbocycles. The van der Waals surface area contributed by atoms with E-state index in [0.717, 1.165) is 33.0 Å². The highest BCUT2D eigenvalue weighted by Crippen LogP contribution is 2.57. The molecule has 0 saturated heterocycles. The van der Waals surface area contributed by atoms with Gasteiger partial charge in [0.05, 0.1) is 7.11 Å². The Morgan fingerprint density at radius 2 is 1.48 bits per heavy atom. The van der Waals surface area contributed by atoms with Crippen LogP contribution < -0.4 is 4.74 Å². The molecule has 0 amide bonds. The third-order valence-corrected chi connectivity index (χ3v) is 5.95. The first kappa shape index (κ1) is 19.0. The molecule has 0 heterocycles. The summed E-state index contributed by atoms with van der Waals surface area (Å²) in [6, 6.07) is 18.0. The van der Waals surface area contributed by atoms with Gasteiger partial charge in [-0.15, -0.1) is 0 Å². The fourth-order valence-corrected chi connectivity index (χ4v) is 4.70. The van der Waals surface area contributed by atoms with Crippen LogP contribution in [0.4, 0.5) is 0 Å². The zero-order valence-corrected chi connectivity index (χ0v) is 16.1. The van der Waals surface area contributed by atoms with Crippen LogP contribution in [0.2, 0.25) is 0 Å². The Labute approximate surface area is 168 Å². The Hall–Kier alpha value is -3.34. The zero-order valence-electron chi connectivity index (χ0n) is 16.1. The maximum Gasteiger partial charge on any atom is 0.303 e. The topological polar surface area (TPSA) is 83.8 Å². The number of hydrogen-bond acceptors (Lipinski definition) is 3. The van der Waals surface area contributed by atoms with Crippen molar-refractivity contribution in [1.82, 2.24) is 0 Å². The third kappa shape index (κ3) is 3.12. The Morgan fingerprint density at radius 3 is 2.07 bits per heavy atom. The summed E-state index contributed by atoms with van der Waals surface area (Å²) in [6.45, 7) is 0. The van der Waals surface area contributed by atoms with E-state index in [9.17, 15) is 19.8 Å². The molecule has 5 heteroatoms. The fourth-order valence-electron chi connectivity index (χ4n) is 4.70. The molecule has 0 spiro atoms. The van der Waals surface area contributed by atoms with Crippen molar-refractivity contribution in [3.63, 3.8) is 0 Å². The fraction of sp³-hybridized carbons (Fsp3) is 0.250. The van der Waals surface area contributed by atoms with E-state index >= 15 is 0 Å². The van der Waals surface area contributed by atoms with Crippen LogP contribution in [0.1, 0.15) is 36.8 Å². The van der Waals surface area contributed by atoms with Crippen LogP contribution in [0.3, 0.4) is 0 Å². The number of ether oxygens (including phenoxy) is 1. The standard InChI is InChI=1S/C24H22O5/c1-29-20-8-4-7-17-18-13-15-5-2-3-6-16(15)14-19(18)24(23(17)20,11-9-21(25)26)12-10-22(27)28/h2-8,13-14H,9-12H2,1H3,(H,25,26)(H,27,28). The van der Waals surface area contributed by atoms with Crippen molar-refractivity contribution < 1.29 is 24.5 Å². The molecule has 148 valence electrons. The molecule has 0 aliphatic heterocycles. The normalized spacial score (nSPS) is 13.7. The van der Waals surface area contributed by atoms with E-state index in [-0.39, 0.29) is 12.8 Å². The Morgan fingerprint density at radius 1 is 0.862 bits per heavy atom. The molecule has 0 radical (unpaired) electrons. The molecule has 3 aromatic rings. The highest BCUT2D eigenvalue weighted by molar-refractivity contribution is 5.94. The predicted octanol–water partition coefficient (Wildman–Crippen LogP) is 4.84. The number of hydrogen-bond donors (Lipinski definition) is 2. The second-order valence-corrected chi connectivity index (χ2v) is 7.50. The largest absolute Gasteiger partial charge is 0.496 e. The van der Waals surface area contributed by atoms with Gasteiger partial charge in [0.2, 0.25) is 0 Å². The number of methoxy groups -OCH3 is 1. The van der Waals surface area contributed by atoms with Gasteiger partial charge in [0.15, 0.2) is 0 Å². The van der Waals surface area contributed by atoms with E-state index < -0.39 is 17.4 Å². The first-order valence-corrected chi connectivity index (χ1v) is 9.61. The third-order valence-electron chi connectivity index (χ3n) is 5.95. The van der Waals surface area contributed by atoms with Crippen LogP contribution in [0, 0.1) is 0 Å². The lowest BCUT2D eigenvalue weighted by Gasteiger charge is -2.32. The van der Waals surface area contributed by atoms with Gasteiger partial charge in [-0.3, -0.25) is 9.59 Å². The molecule has 0 saturated carbocycles. The van der Waals surface area contributed by atoms with Crippen molar-refractivity contribution in [3.8, 4) is 16.9 Å². The summed E-state index contributed by atoms with van der Waals surface area (Å²) in [5.74, 6) is -1.13. The first-order chi connectivity index (χ1) is 14.0. The zero-order chi connectivity index (χ0) is 20.6. The molecule has 4 rings (SSSR count). The molecular formula is C24H22O5. The van der Waals surface area contributed by atoms with E-state index in [1.165, 1.54) is 0 Å². The summed E-state index contributed by atoms with van der Waals surface area (Å²) in [5, 5.41) is 21.0. The second-order valence-electron chi connectivity index (χ2n) is 7.50. The highest BCUT2D eigenvalue weighted by Gasteiger charge is 2.45. The molecule has 2 N–H and O–H groups in total. The van der Waals surface area contributed by atoms with Crippen molar-refractivity contribution >= 4 is 22.7 Å². The van der Waals surface area contributed by atoms with E-state index in [4.69, 9.17) is 4.74 Å². The van der Waals surface area contributed by atoms with Gasteiger partial charge < -0.3 is 14.9 Å². The van der Waals surface area contributed by atoms with Crippen molar-refractivity contribution in [3.05, 3.63) is 65.7 Å². The minimum Gasteiger partial charge on any atom is -0.496 e. The minimum absolute atomic E-state index is 0.0522. The number of carboxylic acids is 2. The van der Waals surface area contributed by atoms with E-state index in [1.807, 2.05) is 42.5 Å². The molecule has 3 aromatic carbocycles. The first-order valence-electron chi connectivity index (χ1n) is 9.61. The molecule has 0 atom stereocenters. The van der Waals surface area contributed by atoms with Gasteiger partial charge in [0.1, 0.15) is 5.75 Å². The predicted molar refractivity (Wildman–Crippen MR) is 110 cm³/mol. The van der Waals surface area contributed by atoms with E-state index in [0.29, 0.717) is 18.6 Å². The summed E-state index contributed by atoms with van der Waals surface area (Å²) in [6.07, 6.45) is 0.523. The Bertz CT molecular complexity index is 1100. The van der Waals surface area contributed by atoms with Gasteiger partial charge in [0, 0.05) is 23.8 Å². The lowest BCUT2D eigenvalue weighted by molar-refractivity contribution is -0.137. The van der Waals surface area contributed by atoms with Crippen LogP contribution >= 0.6 is 0 Å². The number of rotatable bonds is 7. The van der Waals surface area contributed by atoms with Gasteiger partial charge in [0.25, 0.3) is 0 Å².